The second-order valence-electron chi connectivity index (χ2n) is 7.84. The van der Waals surface area contributed by atoms with Crippen molar-refractivity contribution >= 4 is 17.5 Å². The maximum absolute atomic E-state index is 12.7. The maximum atomic E-state index is 12.7. The van der Waals surface area contributed by atoms with E-state index in [9.17, 15) is 9.59 Å². The van der Waals surface area contributed by atoms with Gasteiger partial charge in [0, 0.05) is 11.6 Å². The molecule has 1 N–H and O–H groups in total. The lowest BCUT2D eigenvalue weighted by molar-refractivity contribution is -0.147. The number of hydrogen-bond donors (Lipinski definition) is 1. The van der Waals surface area contributed by atoms with Gasteiger partial charge in [-0.3, -0.25) is 9.59 Å². The molecular weight excluding hydrogens is 386 g/mol. The summed E-state index contributed by atoms with van der Waals surface area (Å²) in [6, 6.07) is 8.97. The largest absolute Gasteiger partial charge is 0.497 e. The molecule has 1 aliphatic rings. The van der Waals surface area contributed by atoms with Gasteiger partial charge in [0.15, 0.2) is 11.5 Å². The third kappa shape index (κ3) is 3.70. The second-order valence-corrected chi connectivity index (χ2v) is 7.84. The molecule has 1 amide bonds. The first-order valence-electron chi connectivity index (χ1n) is 9.66. The molecule has 0 saturated carbocycles. The van der Waals surface area contributed by atoms with E-state index < -0.39 is 17.6 Å². The first kappa shape index (κ1) is 19.8. The summed E-state index contributed by atoms with van der Waals surface area (Å²) in [5, 5.41) is 7.31. The summed E-state index contributed by atoms with van der Waals surface area (Å²) in [6.07, 6.45) is 1.66. The Morgan fingerprint density at radius 3 is 2.70 bits per heavy atom. The van der Waals surface area contributed by atoms with Crippen LogP contribution in [0.4, 0.5) is 0 Å². The molecule has 9 nitrogen and oxygen atoms in total. The van der Waals surface area contributed by atoms with Crippen LogP contribution in [0, 0.1) is 5.92 Å². The average molecular weight is 409 g/mol. The van der Waals surface area contributed by atoms with Crippen molar-refractivity contribution in [1.29, 1.82) is 0 Å². The van der Waals surface area contributed by atoms with E-state index in [2.05, 4.69) is 20.4 Å². The Bertz CT molecular complexity index is 1110. The highest BCUT2D eigenvalue weighted by Gasteiger charge is 2.46. The Balaban J connectivity index is 1.53. The molecule has 1 unspecified atom stereocenters. The van der Waals surface area contributed by atoms with Crippen molar-refractivity contribution in [2.45, 2.75) is 38.8 Å². The van der Waals surface area contributed by atoms with Crippen LogP contribution in [0.15, 0.2) is 36.7 Å². The molecule has 156 valence electrons. The van der Waals surface area contributed by atoms with E-state index in [0.29, 0.717) is 11.5 Å². The number of carbonyl (C=O) groups is 2. The quantitative estimate of drug-likeness (QED) is 0.644. The lowest BCUT2D eigenvalue weighted by atomic mass is 9.90. The highest BCUT2D eigenvalue weighted by molar-refractivity contribution is 5.87. The number of nitrogens with one attached hydrogen (secondary N) is 1. The van der Waals surface area contributed by atoms with Crippen LogP contribution in [0.25, 0.3) is 16.9 Å². The van der Waals surface area contributed by atoms with Crippen molar-refractivity contribution in [3.8, 4) is 17.0 Å². The number of amides is 1. The molecule has 1 fully saturated rings. The van der Waals surface area contributed by atoms with E-state index in [1.165, 1.54) is 0 Å². The van der Waals surface area contributed by atoms with Gasteiger partial charge in [0.25, 0.3) is 0 Å². The lowest BCUT2D eigenvalue weighted by Gasteiger charge is -2.24. The fourth-order valence-electron chi connectivity index (χ4n) is 3.52. The van der Waals surface area contributed by atoms with Gasteiger partial charge in [-0.15, -0.1) is 5.10 Å². The maximum Gasteiger partial charge on any atom is 0.307 e. The smallest absolute Gasteiger partial charge is 0.307 e. The number of hydrogen-bond acceptors (Lipinski definition) is 7. The molecule has 2 atom stereocenters. The van der Waals surface area contributed by atoms with Crippen LogP contribution in [-0.4, -0.2) is 44.2 Å². The zero-order valence-electron chi connectivity index (χ0n) is 17.2. The van der Waals surface area contributed by atoms with Gasteiger partial charge in [-0.1, -0.05) is 0 Å². The number of aromatic nitrogens is 4. The van der Waals surface area contributed by atoms with Crippen molar-refractivity contribution in [2.75, 3.05) is 7.11 Å². The number of fused-ring (bicyclic) bond motifs is 1. The van der Waals surface area contributed by atoms with E-state index in [1.54, 1.807) is 38.7 Å². The van der Waals surface area contributed by atoms with Gasteiger partial charge >= 0.3 is 5.97 Å². The van der Waals surface area contributed by atoms with E-state index >= 15 is 0 Å². The molecule has 3 heterocycles. The minimum absolute atomic E-state index is 0.0687. The molecule has 4 rings (SSSR count). The Morgan fingerprint density at radius 1 is 1.33 bits per heavy atom. The average Bonchev–Trinajstić information content (AvgIpc) is 3.26. The molecule has 0 bridgehead atoms. The van der Waals surface area contributed by atoms with Gasteiger partial charge in [0.05, 0.1) is 31.2 Å². The van der Waals surface area contributed by atoms with Crippen LogP contribution in [0.5, 0.6) is 5.75 Å². The summed E-state index contributed by atoms with van der Waals surface area (Å²) in [4.78, 5) is 33.2. The highest BCUT2D eigenvalue weighted by atomic mass is 16.6. The molecule has 2 aromatic heterocycles. The van der Waals surface area contributed by atoms with Crippen molar-refractivity contribution in [3.05, 3.63) is 42.5 Å². The fraction of sp³-hybridized carbons (Fsp3) is 0.381. The Kier molecular flexibility index (Phi) is 4.89. The van der Waals surface area contributed by atoms with Crippen LogP contribution < -0.4 is 10.1 Å². The minimum Gasteiger partial charge on any atom is -0.497 e. The van der Waals surface area contributed by atoms with Crippen molar-refractivity contribution in [2.24, 2.45) is 5.92 Å². The van der Waals surface area contributed by atoms with E-state index in [-0.39, 0.29) is 18.3 Å². The minimum atomic E-state index is -0.829. The summed E-state index contributed by atoms with van der Waals surface area (Å²) >= 11 is 0. The Hall–Kier alpha value is -3.49. The molecule has 0 radical (unpaired) electrons. The van der Waals surface area contributed by atoms with Gasteiger partial charge in [-0.2, -0.15) is 0 Å². The predicted octanol–water partition coefficient (Wildman–Crippen LogP) is 2.32. The van der Waals surface area contributed by atoms with Crippen LogP contribution in [0.3, 0.4) is 0 Å². The van der Waals surface area contributed by atoms with Crippen LogP contribution in [0.1, 0.15) is 39.1 Å². The van der Waals surface area contributed by atoms with Gasteiger partial charge in [-0.25, -0.2) is 14.5 Å². The molecule has 3 aromatic rings. The van der Waals surface area contributed by atoms with Gasteiger partial charge in [0.1, 0.15) is 17.7 Å². The fourth-order valence-corrected chi connectivity index (χ4v) is 3.52. The van der Waals surface area contributed by atoms with Crippen molar-refractivity contribution in [3.63, 3.8) is 0 Å². The zero-order chi connectivity index (χ0) is 21.5. The number of ether oxygens (including phenoxy) is 2. The normalized spacial score (nSPS) is 18.8. The number of esters is 1. The van der Waals surface area contributed by atoms with Crippen LogP contribution in [-0.2, 0) is 14.3 Å². The SMILES string of the molecule is COc1ccc(-c2cc3nc([C@H](C)NC(=O)C4CC(=O)OC4(C)C)nn3cn2)cc1. The molecule has 1 aromatic carbocycles. The molecule has 0 aliphatic carbocycles. The molecular formula is C21H23N5O4. The number of benzene rings is 1. The Morgan fingerprint density at radius 2 is 2.07 bits per heavy atom. The summed E-state index contributed by atoms with van der Waals surface area (Å²) in [5.74, 6) is 0.0599. The molecule has 30 heavy (non-hydrogen) atoms. The predicted molar refractivity (Wildman–Crippen MR) is 108 cm³/mol. The highest BCUT2D eigenvalue weighted by Crippen LogP contribution is 2.33. The summed E-state index contributed by atoms with van der Waals surface area (Å²) in [7, 11) is 1.62. The van der Waals surface area contributed by atoms with Crippen molar-refractivity contribution < 1.29 is 19.1 Å². The number of methoxy groups -OCH3 is 1. The summed E-state index contributed by atoms with van der Waals surface area (Å²) in [5.41, 5.74) is 1.47. The van der Waals surface area contributed by atoms with E-state index in [4.69, 9.17) is 9.47 Å². The van der Waals surface area contributed by atoms with Gasteiger partial charge in [0.2, 0.25) is 5.91 Å². The molecule has 1 aliphatic heterocycles. The third-order valence-corrected chi connectivity index (χ3v) is 5.28. The number of cyclic esters (lactones) is 1. The number of rotatable bonds is 5. The second kappa shape index (κ2) is 7.40. The summed E-state index contributed by atoms with van der Waals surface area (Å²) < 4.78 is 12.0. The van der Waals surface area contributed by atoms with E-state index in [0.717, 1.165) is 17.0 Å². The number of nitrogens with zero attached hydrogens (tertiary/aromatic N) is 4. The van der Waals surface area contributed by atoms with Gasteiger partial charge < -0.3 is 14.8 Å². The zero-order valence-corrected chi connectivity index (χ0v) is 17.2. The van der Waals surface area contributed by atoms with E-state index in [1.807, 2.05) is 30.3 Å². The first-order chi connectivity index (χ1) is 14.3. The number of carbonyl (C=O) groups excluding carboxylic acids is 2. The standard InChI is InChI=1S/C21H23N5O4/c1-12(23-20(28)15-9-18(27)30-21(15,2)3)19-24-17-10-16(22-11-26(17)25-19)13-5-7-14(29-4)8-6-13/h5-8,10-12,15H,9H2,1-4H3,(H,23,28)/t12-,15?/m0/s1. The van der Waals surface area contributed by atoms with Crippen molar-refractivity contribution in [1.82, 2.24) is 24.9 Å². The summed E-state index contributed by atoms with van der Waals surface area (Å²) in [6.45, 7) is 5.28. The Labute approximate surface area is 173 Å². The third-order valence-electron chi connectivity index (χ3n) is 5.28. The van der Waals surface area contributed by atoms with Crippen LogP contribution in [0.2, 0.25) is 0 Å². The van der Waals surface area contributed by atoms with Crippen LogP contribution >= 0.6 is 0 Å². The first-order valence-corrected chi connectivity index (χ1v) is 9.66. The monoisotopic (exact) mass is 409 g/mol. The molecule has 0 spiro atoms. The van der Waals surface area contributed by atoms with Gasteiger partial charge in [-0.05, 0) is 45.0 Å². The molecule has 9 heteroatoms. The molecule has 1 saturated heterocycles. The lowest BCUT2D eigenvalue weighted by Crippen LogP contribution is -2.41. The topological polar surface area (TPSA) is 108 Å².